The van der Waals surface area contributed by atoms with Crippen molar-refractivity contribution in [3.8, 4) is 0 Å². The molecule has 1 rings (SSSR count). The quantitative estimate of drug-likeness (QED) is 0.719. The Morgan fingerprint density at radius 1 is 1.21 bits per heavy atom. The molecule has 102 valence electrons. The van der Waals surface area contributed by atoms with E-state index in [-0.39, 0.29) is 13.2 Å². The summed E-state index contributed by atoms with van der Waals surface area (Å²) in [7, 11) is 0. The molecule has 0 heterocycles. The molecule has 1 aromatic rings. The minimum atomic E-state index is -1.22. The molecule has 0 saturated heterocycles. The molecule has 5 nitrogen and oxygen atoms in total. The average Bonchev–Trinajstić information content (AvgIpc) is 2.38. The predicted octanol–water partition coefficient (Wildman–Crippen LogP) is 1.45. The standard InChI is InChI=1S/C14H16O5/c1-10(14(17)18)13(16)7-12(15)9-19-8-11-5-3-2-4-6-11/h2-6,10H,7-9H2,1H3,(H,17,18). The minimum absolute atomic E-state index is 0.188. The number of hydrogen-bond acceptors (Lipinski definition) is 4. The van der Waals surface area contributed by atoms with Crippen molar-refractivity contribution >= 4 is 17.5 Å². The molecule has 0 bridgehead atoms. The SMILES string of the molecule is CC(C(=O)O)C(=O)CC(=O)COCc1ccccc1. The predicted molar refractivity (Wildman–Crippen MR) is 67.5 cm³/mol. The van der Waals surface area contributed by atoms with Crippen LogP contribution < -0.4 is 0 Å². The van der Waals surface area contributed by atoms with E-state index in [0.29, 0.717) is 0 Å². The van der Waals surface area contributed by atoms with Gasteiger partial charge in [-0.05, 0) is 12.5 Å². The fourth-order valence-corrected chi connectivity index (χ4v) is 1.39. The average molecular weight is 264 g/mol. The van der Waals surface area contributed by atoms with Crippen LogP contribution in [0.3, 0.4) is 0 Å². The van der Waals surface area contributed by atoms with Gasteiger partial charge in [0.25, 0.3) is 0 Å². The van der Waals surface area contributed by atoms with Gasteiger partial charge in [-0.3, -0.25) is 14.4 Å². The van der Waals surface area contributed by atoms with Crippen LogP contribution in [0.1, 0.15) is 18.9 Å². The Morgan fingerprint density at radius 3 is 2.42 bits per heavy atom. The number of carbonyl (C=O) groups excluding carboxylic acids is 2. The van der Waals surface area contributed by atoms with E-state index in [4.69, 9.17) is 9.84 Å². The van der Waals surface area contributed by atoms with Crippen molar-refractivity contribution < 1.29 is 24.2 Å². The van der Waals surface area contributed by atoms with E-state index in [1.54, 1.807) is 0 Å². The van der Waals surface area contributed by atoms with Gasteiger partial charge in [0.15, 0.2) is 11.6 Å². The molecule has 5 heteroatoms. The highest BCUT2D eigenvalue weighted by atomic mass is 16.5. The molecule has 1 atom stereocenters. The van der Waals surface area contributed by atoms with Crippen LogP contribution in [0.25, 0.3) is 0 Å². The zero-order valence-electron chi connectivity index (χ0n) is 10.7. The maximum Gasteiger partial charge on any atom is 0.313 e. The summed E-state index contributed by atoms with van der Waals surface area (Å²) in [6, 6.07) is 9.32. The first-order valence-electron chi connectivity index (χ1n) is 5.89. The summed E-state index contributed by atoms with van der Waals surface area (Å²) in [5, 5.41) is 8.63. The van der Waals surface area contributed by atoms with E-state index in [2.05, 4.69) is 0 Å². The summed E-state index contributed by atoms with van der Waals surface area (Å²) in [6.07, 6.45) is -0.401. The van der Waals surface area contributed by atoms with Gasteiger partial charge < -0.3 is 9.84 Å². The van der Waals surface area contributed by atoms with Crippen LogP contribution in [0.5, 0.6) is 0 Å². The summed E-state index contributed by atoms with van der Waals surface area (Å²) < 4.78 is 5.17. The maximum atomic E-state index is 11.4. The largest absolute Gasteiger partial charge is 0.481 e. The Labute approximate surface area is 111 Å². The first-order chi connectivity index (χ1) is 9.00. The van der Waals surface area contributed by atoms with Crippen molar-refractivity contribution in [1.82, 2.24) is 0 Å². The van der Waals surface area contributed by atoms with E-state index in [1.165, 1.54) is 6.92 Å². The Morgan fingerprint density at radius 2 is 1.84 bits per heavy atom. The van der Waals surface area contributed by atoms with Crippen molar-refractivity contribution in [3.63, 3.8) is 0 Å². The Balaban J connectivity index is 2.29. The van der Waals surface area contributed by atoms with Gasteiger partial charge in [0, 0.05) is 0 Å². The Bertz CT molecular complexity index is 452. The third-order valence-electron chi connectivity index (χ3n) is 2.60. The van der Waals surface area contributed by atoms with Gasteiger partial charge in [-0.15, -0.1) is 0 Å². The van der Waals surface area contributed by atoms with Crippen LogP contribution in [-0.4, -0.2) is 29.2 Å². The lowest BCUT2D eigenvalue weighted by atomic mass is 10.0. The molecule has 0 radical (unpaired) electrons. The van der Waals surface area contributed by atoms with Crippen LogP contribution in [0, 0.1) is 5.92 Å². The Kier molecular flexibility index (Phi) is 5.89. The molecule has 0 fully saturated rings. The van der Waals surface area contributed by atoms with Crippen LogP contribution in [-0.2, 0) is 25.7 Å². The summed E-state index contributed by atoms with van der Waals surface area (Å²) >= 11 is 0. The van der Waals surface area contributed by atoms with E-state index in [0.717, 1.165) is 5.56 Å². The van der Waals surface area contributed by atoms with Crippen LogP contribution in [0.4, 0.5) is 0 Å². The van der Waals surface area contributed by atoms with Gasteiger partial charge in [0.05, 0.1) is 13.0 Å². The minimum Gasteiger partial charge on any atom is -0.481 e. The van der Waals surface area contributed by atoms with Crippen molar-refractivity contribution in [1.29, 1.82) is 0 Å². The molecule has 19 heavy (non-hydrogen) atoms. The van der Waals surface area contributed by atoms with Crippen LogP contribution >= 0.6 is 0 Å². The number of ketones is 2. The van der Waals surface area contributed by atoms with E-state index in [1.807, 2.05) is 30.3 Å². The number of hydrogen-bond donors (Lipinski definition) is 1. The number of rotatable bonds is 8. The van der Waals surface area contributed by atoms with E-state index < -0.39 is 29.9 Å². The zero-order valence-corrected chi connectivity index (χ0v) is 10.7. The smallest absolute Gasteiger partial charge is 0.313 e. The molecule has 0 aromatic heterocycles. The van der Waals surface area contributed by atoms with Crippen molar-refractivity contribution in [3.05, 3.63) is 35.9 Å². The van der Waals surface area contributed by atoms with Gasteiger partial charge in [0.2, 0.25) is 0 Å². The van der Waals surface area contributed by atoms with Gasteiger partial charge >= 0.3 is 5.97 Å². The van der Waals surface area contributed by atoms with E-state index >= 15 is 0 Å². The summed E-state index contributed by atoms with van der Waals surface area (Å²) in [4.78, 5) is 33.4. The molecule has 1 N–H and O–H groups in total. The third kappa shape index (κ3) is 5.44. The van der Waals surface area contributed by atoms with Crippen LogP contribution in [0.2, 0.25) is 0 Å². The third-order valence-corrected chi connectivity index (χ3v) is 2.60. The number of Topliss-reactive ketones (excluding diaryl/α,β-unsaturated/α-hetero) is 2. The summed E-state index contributed by atoms with van der Waals surface area (Å²) in [5.74, 6) is -3.38. The second kappa shape index (κ2) is 7.43. The summed E-state index contributed by atoms with van der Waals surface area (Å²) in [6.45, 7) is 1.37. The fraction of sp³-hybridized carbons (Fsp3) is 0.357. The second-order valence-electron chi connectivity index (χ2n) is 4.22. The van der Waals surface area contributed by atoms with Crippen LogP contribution in [0.15, 0.2) is 30.3 Å². The summed E-state index contributed by atoms with van der Waals surface area (Å²) in [5.41, 5.74) is 0.931. The number of carboxylic acids is 1. The topological polar surface area (TPSA) is 80.7 Å². The molecular formula is C14H16O5. The van der Waals surface area contributed by atoms with Gasteiger partial charge in [0.1, 0.15) is 12.5 Å². The Hall–Kier alpha value is -2.01. The molecular weight excluding hydrogens is 248 g/mol. The van der Waals surface area contributed by atoms with E-state index in [9.17, 15) is 14.4 Å². The van der Waals surface area contributed by atoms with Gasteiger partial charge in [-0.25, -0.2) is 0 Å². The number of ether oxygens (including phenoxy) is 1. The lowest BCUT2D eigenvalue weighted by molar-refractivity contribution is -0.146. The molecule has 0 saturated carbocycles. The first kappa shape index (κ1) is 15.0. The normalized spacial score (nSPS) is 11.8. The second-order valence-corrected chi connectivity index (χ2v) is 4.22. The molecule has 0 aliphatic heterocycles. The number of carbonyl (C=O) groups is 3. The molecule has 0 spiro atoms. The molecule has 0 amide bonds. The monoisotopic (exact) mass is 264 g/mol. The maximum absolute atomic E-state index is 11.4. The van der Waals surface area contributed by atoms with Gasteiger partial charge in [-0.1, -0.05) is 30.3 Å². The lowest BCUT2D eigenvalue weighted by Crippen LogP contribution is -2.24. The fourth-order valence-electron chi connectivity index (χ4n) is 1.39. The number of aliphatic carboxylic acids is 1. The van der Waals surface area contributed by atoms with Crippen molar-refractivity contribution in [2.45, 2.75) is 20.0 Å². The van der Waals surface area contributed by atoms with Crippen molar-refractivity contribution in [2.75, 3.05) is 6.61 Å². The van der Waals surface area contributed by atoms with Crippen molar-refractivity contribution in [2.24, 2.45) is 5.92 Å². The van der Waals surface area contributed by atoms with Gasteiger partial charge in [-0.2, -0.15) is 0 Å². The lowest BCUT2D eigenvalue weighted by Gasteiger charge is -2.05. The highest BCUT2D eigenvalue weighted by Gasteiger charge is 2.22. The zero-order chi connectivity index (χ0) is 14.3. The highest BCUT2D eigenvalue weighted by Crippen LogP contribution is 2.04. The number of carboxylic acid groups (broad SMARTS) is 1. The number of benzene rings is 1. The molecule has 1 aromatic carbocycles. The molecule has 0 aliphatic rings. The molecule has 0 aliphatic carbocycles. The first-order valence-corrected chi connectivity index (χ1v) is 5.89. The highest BCUT2D eigenvalue weighted by molar-refractivity contribution is 6.07. The molecule has 1 unspecified atom stereocenters.